The molecule has 7 nitrogen and oxygen atoms in total. The molecule has 108 valence electrons. The first-order chi connectivity index (χ1) is 9.58. The standard InChI is InChI=1S/C13H19N5O2/c1-3-6-13(9-4-5-9)11(19)18(12(20)16-13)7-10-14-8-15-17(10)2/h8-9H,3-7H2,1-2H3,(H,16,20)/t13-/m1/s1. The number of aromatic nitrogens is 3. The van der Waals surface area contributed by atoms with E-state index in [0.717, 1.165) is 19.3 Å². The lowest BCUT2D eigenvalue weighted by molar-refractivity contribution is -0.132. The number of hydrogen-bond donors (Lipinski definition) is 1. The third-order valence-corrected chi connectivity index (χ3v) is 4.23. The first kappa shape index (κ1) is 13.1. The summed E-state index contributed by atoms with van der Waals surface area (Å²) in [6.45, 7) is 2.22. The minimum Gasteiger partial charge on any atom is -0.323 e. The van der Waals surface area contributed by atoms with Gasteiger partial charge in [-0.3, -0.25) is 14.4 Å². The number of imide groups is 1. The fraction of sp³-hybridized carbons (Fsp3) is 0.692. The number of carbonyl (C=O) groups excluding carboxylic acids is 2. The minimum atomic E-state index is -0.676. The van der Waals surface area contributed by atoms with Crippen molar-refractivity contribution >= 4 is 11.9 Å². The summed E-state index contributed by atoms with van der Waals surface area (Å²) in [7, 11) is 1.75. The summed E-state index contributed by atoms with van der Waals surface area (Å²) >= 11 is 0. The van der Waals surface area contributed by atoms with Crippen LogP contribution >= 0.6 is 0 Å². The third kappa shape index (κ3) is 1.88. The maximum Gasteiger partial charge on any atom is 0.325 e. The molecule has 1 aliphatic heterocycles. The van der Waals surface area contributed by atoms with Gasteiger partial charge >= 0.3 is 6.03 Å². The van der Waals surface area contributed by atoms with Crippen LogP contribution in [0.5, 0.6) is 0 Å². The highest BCUT2D eigenvalue weighted by molar-refractivity contribution is 6.07. The van der Waals surface area contributed by atoms with Gasteiger partial charge in [0.1, 0.15) is 17.7 Å². The van der Waals surface area contributed by atoms with Gasteiger partial charge in [0, 0.05) is 7.05 Å². The van der Waals surface area contributed by atoms with Gasteiger partial charge in [-0.05, 0) is 25.2 Å². The summed E-state index contributed by atoms with van der Waals surface area (Å²) in [5.41, 5.74) is -0.676. The molecule has 2 fully saturated rings. The average molecular weight is 277 g/mol. The number of hydrogen-bond acceptors (Lipinski definition) is 4. The van der Waals surface area contributed by atoms with Gasteiger partial charge in [-0.15, -0.1) is 0 Å². The Labute approximate surface area is 117 Å². The molecule has 1 aliphatic carbocycles. The lowest BCUT2D eigenvalue weighted by atomic mass is 9.88. The van der Waals surface area contributed by atoms with Crippen molar-refractivity contribution in [2.75, 3.05) is 0 Å². The lowest BCUT2D eigenvalue weighted by Gasteiger charge is -2.26. The van der Waals surface area contributed by atoms with Crippen molar-refractivity contribution in [3.05, 3.63) is 12.2 Å². The van der Waals surface area contributed by atoms with Crippen LogP contribution in [0, 0.1) is 5.92 Å². The van der Waals surface area contributed by atoms with Gasteiger partial charge in [0.05, 0.1) is 6.54 Å². The molecule has 1 atom stereocenters. The molecule has 0 radical (unpaired) electrons. The summed E-state index contributed by atoms with van der Waals surface area (Å²) in [5, 5.41) is 6.91. The van der Waals surface area contributed by atoms with Crippen molar-refractivity contribution < 1.29 is 9.59 Å². The van der Waals surface area contributed by atoms with Crippen molar-refractivity contribution in [3.63, 3.8) is 0 Å². The highest BCUT2D eigenvalue weighted by Gasteiger charge is 2.58. The van der Waals surface area contributed by atoms with E-state index in [4.69, 9.17) is 0 Å². The molecule has 0 unspecified atom stereocenters. The van der Waals surface area contributed by atoms with Crippen LogP contribution in [0.2, 0.25) is 0 Å². The molecule has 2 heterocycles. The fourth-order valence-corrected chi connectivity index (χ4v) is 3.01. The van der Waals surface area contributed by atoms with Gasteiger partial charge in [0.15, 0.2) is 0 Å². The first-order valence-corrected chi connectivity index (χ1v) is 7.05. The van der Waals surface area contributed by atoms with E-state index in [-0.39, 0.29) is 18.5 Å². The van der Waals surface area contributed by atoms with Crippen LogP contribution in [0.25, 0.3) is 0 Å². The Kier molecular flexibility index (Phi) is 2.99. The van der Waals surface area contributed by atoms with Crippen molar-refractivity contribution in [2.24, 2.45) is 13.0 Å². The lowest BCUT2D eigenvalue weighted by Crippen LogP contribution is -2.49. The molecule has 3 amide bonds. The van der Waals surface area contributed by atoms with E-state index in [1.165, 1.54) is 11.2 Å². The molecular formula is C13H19N5O2. The molecule has 20 heavy (non-hydrogen) atoms. The topological polar surface area (TPSA) is 80.1 Å². The quantitative estimate of drug-likeness (QED) is 0.808. The second-order valence-electron chi connectivity index (χ2n) is 5.62. The van der Waals surface area contributed by atoms with Gasteiger partial charge in [-0.2, -0.15) is 5.10 Å². The monoisotopic (exact) mass is 277 g/mol. The molecule has 3 rings (SSSR count). The Morgan fingerprint density at radius 3 is 2.75 bits per heavy atom. The number of aryl methyl sites for hydroxylation is 1. The summed E-state index contributed by atoms with van der Waals surface area (Å²) < 4.78 is 1.58. The number of nitrogens with one attached hydrogen (secondary N) is 1. The number of carbonyl (C=O) groups is 2. The van der Waals surface area contributed by atoms with E-state index in [0.29, 0.717) is 18.2 Å². The van der Waals surface area contributed by atoms with Crippen LogP contribution in [0.3, 0.4) is 0 Å². The second-order valence-corrected chi connectivity index (χ2v) is 5.62. The number of amides is 3. The number of urea groups is 1. The van der Waals surface area contributed by atoms with Gasteiger partial charge in [-0.1, -0.05) is 13.3 Å². The Morgan fingerprint density at radius 1 is 1.45 bits per heavy atom. The molecule has 2 aliphatic rings. The van der Waals surface area contributed by atoms with E-state index >= 15 is 0 Å². The van der Waals surface area contributed by atoms with E-state index < -0.39 is 5.54 Å². The minimum absolute atomic E-state index is 0.102. The van der Waals surface area contributed by atoms with E-state index in [1.807, 2.05) is 6.92 Å². The predicted octanol–water partition coefficient (Wildman–Crippen LogP) is 0.816. The average Bonchev–Trinajstić information content (AvgIpc) is 3.15. The molecule has 1 saturated carbocycles. The molecular weight excluding hydrogens is 258 g/mol. The Bertz CT molecular complexity index is 551. The Morgan fingerprint density at radius 2 is 2.20 bits per heavy atom. The zero-order chi connectivity index (χ0) is 14.3. The van der Waals surface area contributed by atoms with Crippen LogP contribution in [0.1, 0.15) is 38.4 Å². The molecule has 1 saturated heterocycles. The molecule has 7 heteroatoms. The molecule has 0 spiro atoms. The van der Waals surface area contributed by atoms with Gasteiger partial charge < -0.3 is 5.32 Å². The Balaban J connectivity index is 1.84. The van der Waals surface area contributed by atoms with Crippen molar-refractivity contribution in [1.29, 1.82) is 0 Å². The fourth-order valence-electron chi connectivity index (χ4n) is 3.01. The molecule has 1 aromatic rings. The van der Waals surface area contributed by atoms with Crippen LogP contribution in [-0.4, -0.2) is 37.1 Å². The maximum atomic E-state index is 12.7. The van der Waals surface area contributed by atoms with Crippen LogP contribution in [-0.2, 0) is 18.4 Å². The SMILES string of the molecule is CCC[C@]1(C2CC2)NC(=O)N(Cc2ncnn2C)C1=O. The van der Waals surface area contributed by atoms with Gasteiger partial charge in [0.2, 0.25) is 0 Å². The van der Waals surface area contributed by atoms with Crippen LogP contribution in [0.15, 0.2) is 6.33 Å². The molecule has 1 aromatic heterocycles. The number of rotatable bonds is 5. The molecule has 0 bridgehead atoms. The zero-order valence-electron chi connectivity index (χ0n) is 11.8. The first-order valence-electron chi connectivity index (χ1n) is 7.05. The molecule has 1 N–H and O–H groups in total. The second kappa shape index (κ2) is 4.57. The molecule has 0 aromatic carbocycles. The van der Waals surface area contributed by atoms with Crippen molar-refractivity contribution in [2.45, 2.75) is 44.7 Å². The van der Waals surface area contributed by atoms with Gasteiger partial charge in [-0.25, -0.2) is 9.78 Å². The van der Waals surface area contributed by atoms with E-state index in [1.54, 1.807) is 11.7 Å². The highest BCUT2D eigenvalue weighted by Crippen LogP contribution is 2.45. The van der Waals surface area contributed by atoms with Gasteiger partial charge in [0.25, 0.3) is 5.91 Å². The number of nitrogens with zero attached hydrogens (tertiary/aromatic N) is 4. The summed E-state index contributed by atoms with van der Waals surface area (Å²) in [4.78, 5) is 30.3. The zero-order valence-corrected chi connectivity index (χ0v) is 11.8. The summed E-state index contributed by atoms with van der Waals surface area (Å²) in [6, 6.07) is -0.307. The van der Waals surface area contributed by atoms with Crippen molar-refractivity contribution in [1.82, 2.24) is 25.0 Å². The van der Waals surface area contributed by atoms with Crippen LogP contribution in [0.4, 0.5) is 4.79 Å². The Hall–Kier alpha value is -1.92. The van der Waals surface area contributed by atoms with E-state index in [9.17, 15) is 9.59 Å². The largest absolute Gasteiger partial charge is 0.325 e. The van der Waals surface area contributed by atoms with Crippen LogP contribution < -0.4 is 5.32 Å². The maximum absolute atomic E-state index is 12.7. The highest BCUT2D eigenvalue weighted by atomic mass is 16.2. The van der Waals surface area contributed by atoms with E-state index in [2.05, 4.69) is 15.4 Å². The third-order valence-electron chi connectivity index (χ3n) is 4.23. The van der Waals surface area contributed by atoms with Crippen molar-refractivity contribution in [3.8, 4) is 0 Å². The predicted molar refractivity (Wildman–Crippen MR) is 70.4 cm³/mol. The summed E-state index contributed by atoms with van der Waals surface area (Å²) in [6.07, 6.45) is 5.04. The normalized spacial score (nSPS) is 26.2. The smallest absolute Gasteiger partial charge is 0.323 e. The summed E-state index contributed by atoms with van der Waals surface area (Å²) in [5.74, 6) is 0.801.